The van der Waals surface area contributed by atoms with Gasteiger partial charge in [0.05, 0.1) is 35.5 Å². The number of aromatic nitrogens is 2. The molecular weight excluding hydrogens is 316 g/mol. The lowest BCUT2D eigenvalue weighted by atomic mass is 9.92. The van der Waals surface area contributed by atoms with Gasteiger partial charge in [0.1, 0.15) is 5.82 Å². The first-order chi connectivity index (χ1) is 11.9. The van der Waals surface area contributed by atoms with E-state index in [1.807, 2.05) is 18.2 Å². The molecule has 1 atom stereocenters. The second kappa shape index (κ2) is 6.69. The molecule has 0 spiro atoms. The summed E-state index contributed by atoms with van der Waals surface area (Å²) in [7, 11) is 0. The van der Waals surface area contributed by atoms with Crippen LogP contribution in [0.3, 0.4) is 0 Å². The fraction of sp³-hybridized carbons (Fsp3) is 0.421. The molecule has 1 fully saturated rings. The lowest BCUT2D eigenvalue weighted by molar-refractivity contribution is -0.119. The van der Waals surface area contributed by atoms with Gasteiger partial charge in [-0.3, -0.25) is 4.79 Å². The molecule has 2 heterocycles. The summed E-state index contributed by atoms with van der Waals surface area (Å²) in [6.45, 7) is 7.32. The second-order valence-corrected chi connectivity index (χ2v) is 7.29. The first kappa shape index (κ1) is 17.2. The highest BCUT2D eigenvalue weighted by atomic mass is 16.5. The fourth-order valence-electron chi connectivity index (χ4n) is 2.68. The van der Waals surface area contributed by atoms with Gasteiger partial charge in [-0.25, -0.2) is 4.68 Å². The summed E-state index contributed by atoms with van der Waals surface area (Å²) in [5.41, 5.74) is 2.12. The average Bonchev–Trinajstić information content (AvgIpc) is 3.24. The maximum absolute atomic E-state index is 12.5. The number of nitrogens with zero attached hydrogens (tertiary/aromatic N) is 3. The van der Waals surface area contributed by atoms with E-state index in [1.165, 1.54) is 0 Å². The molecule has 1 N–H and O–H groups in total. The Hall–Kier alpha value is -2.65. The molecule has 25 heavy (non-hydrogen) atoms. The number of carbonyl (C=O) groups is 1. The Kier molecular flexibility index (Phi) is 4.60. The summed E-state index contributed by atoms with van der Waals surface area (Å²) in [4.78, 5) is 12.5. The minimum atomic E-state index is -0.145. The predicted molar refractivity (Wildman–Crippen MR) is 94.5 cm³/mol. The van der Waals surface area contributed by atoms with E-state index in [4.69, 9.17) is 10.00 Å². The average molecular weight is 338 g/mol. The van der Waals surface area contributed by atoms with Gasteiger partial charge in [0.15, 0.2) is 0 Å². The highest BCUT2D eigenvalue weighted by molar-refractivity contribution is 5.92. The van der Waals surface area contributed by atoms with Crippen molar-refractivity contribution >= 4 is 11.7 Å². The van der Waals surface area contributed by atoms with Gasteiger partial charge < -0.3 is 10.1 Å². The molecule has 2 aromatic rings. The number of benzene rings is 1. The lowest BCUT2D eigenvalue weighted by Crippen LogP contribution is -2.24. The smallest absolute Gasteiger partial charge is 0.231 e. The van der Waals surface area contributed by atoms with Crippen LogP contribution in [0.25, 0.3) is 5.69 Å². The largest absolute Gasteiger partial charge is 0.381 e. The summed E-state index contributed by atoms with van der Waals surface area (Å²) in [5, 5.41) is 16.6. The minimum absolute atomic E-state index is 0.0484. The van der Waals surface area contributed by atoms with E-state index in [0.717, 1.165) is 17.8 Å². The number of hydrogen-bond acceptors (Lipinski definition) is 4. The summed E-state index contributed by atoms with van der Waals surface area (Å²) >= 11 is 0. The van der Waals surface area contributed by atoms with E-state index < -0.39 is 0 Å². The maximum Gasteiger partial charge on any atom is 0.231 e. The Morgan fingerprint density at radius 1 is 1.36 bits per heavy atom. The van der Waals surface area contributed by atoms with Crippen LogP contribution in [0, 0.1) is 17.2 Å². The molecule has 0 bridgehead atoms. The molecule has 0 radical (unpaired) electrons. The lowest BCUT2D eigenvalue weighted by Gasteiger charge is -2.14. The van der Waals surface area contributed by atoms with Crippen molar-refractivity contribution in [1.82, 2.24) is 9.78 Å². The molecule has 1 aliphatic heterocycles. The van der Waals surface area contributed by atoms with Gasteiger partial charge in [-0.1, -0.05) is 20.8 Å². The molecule has 0 saturated carbocycles. The second-order valence-electron chi connectivity index (χ2n) is 7.29. The van der Waals surface area contributed by atoms with Gasteiger partial charge in [-0.2, -0.15) is 10.4 Å². The third-order valence-electron chi connectivity index (χ3n) is 4.27. The van der Waals surface area contributed by atoms with Crippen LogP contribution in [0.15, 0.2) is 30.3 Å². The highest BCUT2D eigenvalue weighted by Crippen LogP contribution is 2.27. The molecule has 1 aliphatic rings. The molecule has 0 aliphatic carbocycles. The monoisotopic (exact) mass is 338 g/mol. The van der Waals surface area contributed by atoms with E-state index in [9.17, 15) is 4.79 Å². The van der Waals surface area contributed by atoms with Crippen molar-refractivity contribution in [2.24, 2.45) is 5.92 Å². The molecule has 130 valence electrons. The molecule has 1 aromatic carbocycles. The first-order valence-electron chi connectivity index (χ1n) is 8.38. The van der Waals surface area contributed by atoms with Crippen LogP contribution in [-0.4, -0.2) is 28.9 Å². The molecule has 1 amide bonds. The molecule has 1 saturated heterocycles. The zero-order valence-electron chi connectivity index (χ0n) is 14.7. The summed E-state index contributed by atoms with van der Waals surface area (Å²) in [6, 6.07) is 11.1. The quantitative estimate of drug-likeness (QED) is 0.933. The summed E-state index contributed by atoms with van der Waals surface area (Å²) < 4.78 is 7.02. The van der Waals surface area contributed by atoms with Crippen LogP contribution < -0.4 is 5.32 Å². The van der Waals surface area contributed by atoms with Crippen molar-refractivity contribution in [1.29, 1.82) is 5.26 Å². The molecule has 1 unspecified atom stereocenters. The molecular formula is C19H22N4O2. The van der Waals surface area contributed by atoms with Gasteiger partial charge in [-0.15, -0.1) is 0 Å². The van der Waals surface area contributed by atoms with E-state index >= 15 is 0 Å². The number of carbonyl (C=O) groups excluding carboxylic acids is 1. The van der Waals surface area contributed by atoms with Crippen LogP contribution >= 0.6 is 0 Å². The Labute approximate surface area is 147 Å². The van der Waals surface area contributed by atoms with Crippen LogP contribution in [0.1, 0.15) is 38.4 Å². The standard InChI is InChI=1S/C19H22N4O2/c1-19(2,3)16-10-17(21-18(24)14-8-9-25-12-14)23(22-16)15-6-4-13(11-20)5-7-15/h4-7,10,14H,8-9,12H2,1-3H3,(H,21,24). The molecule has 1 aromatic heterocycles. The Balaban J connectivity index is 1.95. The van der Waals surface area contributed by atoms with Gasteiger partial charge >= 0.3 is 0 Å². The van der Waals surface area contributed by atoms with Crippen LogP contribution in [0.5, 0.6) is 0 Å². The Morgan fingerprint density at radius 2 is 2.08 bits per heavy atom. The SMILES string of the molecule is CC(C)(C)c1cc(NC(=O)C2CCOC2)n(-c2ccc(C#N)cc2)n1. The summed E-state index contributed by atoms with van der Waals surface area (Å²) in [5.74, 6) is 0.460. The van der Waals surface area contributed by atoms with E-state index in [1.54, 1.807) is 16.8 Å². The zero-order valence-corrected chi connectivity index (χ0v) is 14.7. The fourth-order valence-corrected chi connectivity index (χ4v) is 2.68. The van der Waals surface area contributed by atoms with E-state index in [2.05, 4.69) is 37.3 Å². The molecule has 6 nitrogen and oxygen atoms in total. The number of amides is 1. The van der Waals surface area contributed by atoms with Gasteiger partial charge in [-0.05, 0) is 30.7 Å². The molecule has 6 heteroatoms. The Bertz CT molecular complexity index is 803. The maximum atomic E-state index is 12.5. The predicted octanol–water partition coefficient (Wildman–Crippen LogP) is 3.02. The van der Waals surface area contributed by atoms with Crippen LogP contribution in [-0.2, 0) is 14.9 Å². The van der Waals surface area contributed by atoms with Crippen molar-refractivity contribution in [2.75, 3.05) is 18.5 Å². The third-order valence-corrected chi connectivity index (χ3v) is 4.27. The molecule has 3 rings (SSSR count). The van der Waals surface area contributed by atoms with Crippen LogP contribution in [0.4, 0.5) is 5.82 Å². The van der Waals surface area contributed by atoms with Crippen molar-refractivity contribution in [2.45, 2.75) is 32.6 Å². The van der Waals surface area contributed by atoms with Crippen LogP contribution in [0.2, 0.25) is 0 Å². The van der Waals surface area contributed by atoms with Crippen molar-refractivity contribution in [3.8, 4) is 11.8 Å². The highest BCUT2D eigenvalue weighted by Gasteiger charge is 2.26. The van der Waals surface area contributed by atoms with Crippen molar-refractivity contribution < 1.29 is 9.53 Å². The number of nitrogens with one attached hydrogen (secondary N) is 1. The third kappa shape index (κ3) is 3.72. The minimum Gasteiger partial charge on any atom is -0.381 e. The normalized spacial score (nSPS) is 17.3. The van der Waals surface area contributed by atoms with Crippen molar-refractivity contribution in [3.05, 3.63) is 41.6 Å². The Morgan fingerprint density at radius 3 is 2.64 bits per heavy atom. The van der Waals surface area contributed by atoms with Crippen molar-refractivity contribution in [3.63, 3.8) is 0 Å². The van der Waals surface area contributed by atoms with E-state index in [0.29, 0.717) is 24.6 Å². The van der Waals surface area contributed by atoms with Gasteiger partial charge in [0, 0.05) is 18.1 Å². The number of nitriles is 1. The van der Waals surface area contributed by atoms with Gasteiger partial charge in [0.2, 0.25) is 5.91 Å². The number of hydrogen-bond donors (Lipinski definition) is 1. The number of rotatable bonds is 3. The van der Waals surface area contributed by atoms with E-state index in [-0.39, 0.29) is 17.2 Å². The number of anilines is 1. The summed E-state index contributed by atoms with van der Waals surface area (Å²) in [6.07, 6.45) is 0.739. The topological polar surface area (TPSA) is 79.9 Å². The zero-order chi connectivity index (χ0) is 18.0. The first-order valence-corrected chi connectivity index (χ1v) is 8.38. The van der Waals surface area contributed by atoms with Gasteiger partial charge in [0.25, 0.3) is 0 Å². The number of ether oxygens (including phenoxy) is 1.